The second-order valence-electron chi connectivity index (χ2n) is 8.56. The maximum Gasteiger partial charge on any atom is 0.267 e. The number of aromatic nitrogens is 2. The van der Waals surface area contributed by atoms with Gasteiger partial charge in [-0.3, -0.25) is 9.59 Å². The summed E-state index contributed by atoms with van der Waals surface area (Å²) in [5, 5.41) is 3.39. The molecule has 1 aliphatic heterocycles. The van der Waals surface area contributed by atoms with Crippen molar-refractivity contribution in [2.45, 2.75) is 25.8 Å². The number of nitrogens with zero attached hydrogens (tertiary/aromatic N) is 3. The van der Waals surface area contributed by atoms with Gasteiger partial charge in [0, 0.05) is 18.7 Å². The molecule has 0 radical (unpaired) electrons. The molecule has 1 amide bonds. The molecule has 4 aromatic rings. The van der Waals surface area contributed by atoms with Gasteiger partial charge in [-0.1, -0.05) is 30.3 Å². The number of carbonyl (C=O) groups excluding carboxylic acids is 1. The van der Waals surface area contributed by atoms with Crippen LogP contribution < -0.4 is 15.8 Å². The first-order valence-corrected chi connectivity index (χ1v) is 11.4. The summed E-state index contributed by atoms with van der Waals surface area (Å²) in [6.45, 7) is 3.51. The lowest BCUT2D eigenvalue weighted by molar-refractivity contribution is 0.0940. The molecule has 1 fully saturated rings. The van der Waals surface area contributed by atoms with Crippen LogP contribution in [0, 0.1) is 5.82 Å². The Labute approximate surface area is 196 Å². The number of hydrogen-bond donors (Lipinski definition) is 1. The molecular weight excluding hydrogens is 431 g/mol. The minimum atomic E-state index is -0.321. The van der Waals surface area contributed by atoms with E-state index in [0.717, 1.165) is 37.2 Å². The Kier molecular flexibility index (Phi) is 5.84. The molecule has 6 nitrogen and oxygen atoms in total. The van der Waals surface area contributed by atoms with Crippen LogP contribution >= 0.6 is 0 Å². The zero-order valence-electron chi connectivity index (χ0n) is 18.9. The maximum atomic E-state index is 13.5. The third-order valence-electron chi connectivity index (χ3n) is 6.23. The van der Waals surface area contributed by atoms with E-state index in [1.165, 1.54) is 12.1 Å². The summed E-state index contributed by atoms with van der Waals surface area (Å²) in [5.41, 5.74) is 2.30. The largest absolute Gasteiger partial charge is 0.346 e. The molecule has 0 spiro atoms. The first kappa shape index (κ1) is 21.8. The number of nitrogens with one attached hydrogen (secondary N) is 1. The van der Waals surface area contributed by atoms with Crippen molar-refractivity contribution in [3.05, 3.63) is 100 Å². The van der Waals surface area contributed by atoms with Crippen molar-refractivity contribution in [3.63, 3.8) is 0 Å². The second kappa shape index (κ2) is 9.09. The molecule has 2 heterocycles. The number of fused-ring (bicyclic) bond motifs is 1. The van der Waals surface area contributed by atoms with E-state index in [0.29, 0.717) is 22.4 Å². The smallest absolute Gasteiger partial charge is 0.267 e. The predicted octanol–water partition coefficient (Wildman–Crippen LogP) is 4.62. The zero-order chi connectivity index (χ0) is 23.7. The van der Waals surface area contributed by atoms with Crippen LogP contribution in [0.25, 0.3) is 16.6 Å². The summed E-state index contributed by atoms with van der Waals surface area (Å²) in [6.07, 6.45) is 2.10. The zero-order valence-corrected chi connectivity index (χ0v) is 18.9. The number of para-hydroxylation sites is 1. The van der Waals surface area contributed by atoms with Crippen LogP contribution in [-0.2, 0) is 0 Å². The lowest BCUT2D eigenvalue weighted by atomic mass is 10.1. The Hall–Kier alpha value is -4.00. The summed E-state index contributed by atoms with van der Waals surface area (Å²) in [5.74, 6) is -0.00762. The highest BCUT2D eigenvalue weighted by Crippen LogP contribution is 2.24. The predicted molar refractivity (Wildman–Crippen MR) is 131 cm³/mol. The van der Waals surface area contributed by atoms with Crippen molar-refractivity contribution in [1.29, 1.82) is 0 Å². The van der Waals surface area contributed by atoms with Crippen LogP contribution in [0.1, 0.15) is 41.7 Å². The van der Waals surface area contributed by atoms with Gasteiger partial charge in [0.25, 0.3) is 11.5 Å². The summed E-state index contributed by atoms with van der Waals surface area (Å²) in [6, 6.07) is 20.2. The Bertz CT molecular complexity index is 1390. The minimum Gasteiger partial charge on any atom is -0.346 e. The maximum absolute atomic E-state index is 13.5. The van der Waals surface area contributed by atoms with Crippen molar-refractivity contribution >= 4 is 22.8 Å². The lowest BCUT2D eigenvalue weighted by Crippen LogP contribution is -2.30. The summed E-state index contributed by atoms with van der Waals surface area (Å²) < 4.78 is 14.9. The van der Waals surface area contributed by atoms with Gasteiger partial charge < -0.3 is 10.2 Å². The lowest BCUT2D eigenvalue weighted by Gasteiger charge is -2.22. The van der Waals surface area contributed by atoms with E-state index in [-0.39, 0.29) is 23.3 Å². The van der Waals surface area contributed by atoms with Gasteiger partial charge in [0.15, 0.2) is 0 Å². The Balaban J connectivity index is 1.53. The molecule has 1 atom stereocenters. The molecule has 0 saturated carbocycles. The SMILES string of the molecule is C[C@@H](NC(=O)c1ccc2c(=O)n(-c3ccccc3)c(N3CCCC3)nc2c1)c1ccc(F)cc1. The number of halogens is 1. The minimum absolute atomic E-state index is 0.162. The monoisotopic (exact) mass is 456 g/mol. The van der Waals surface area contributed by atoms with Crippen LogP contribution in [0.4, 0.5) is 10.3 Å². The number of benzene rings is 3. The first-order chi connectivity index (χ1) is 16.5. The molecule has 172 valence electrons. The van der Waals surface area contributed by atoms with Crippen molar-refractivity contribution in [3.8, 4) is 5.69 Å². The van der Waals surface area contributed by atoms with Crippen LogP contribution in [0.15, 0.2) is 77.6 Å². The van der Waals surface area contributed by atoms with Crippen LogP contribution in [0.5, 0.6) is 0 Å². The van der Waals surface area contributed by atoms with Gasteiger partial charge in [-0.15, -0.1) is 0 Å². The topological polar surface area (TPSA) is 67.2 Å². The normalized spacial score (nSPS) is 14.4. The Morgan fingerprint density at radius 3 is 2.41 bits per heavy atom. The molecule has 1 aliphatic rings. The van der Waals surface area contributed by atoms with Gasteiger partial charge in [-0.2, -0.15) is 0 Å². The van der Waals surface area contributed by atoms with Gasteiger partial charge in [-0.25, -0.2) is 13.9 Å². The van der Waals surface area contributed by atoms with Gasteiger partial charge in [0.05, 0.1) is 22.6 Å². The molecule has 0 bridgehead atoms. The Morgan fingerprint density at radius 2 is 1.71 bits per heavy atom. The standard InChI is InChI=1S/C27H25FN4O2/c1-18(19-9-12-21(28)13-10-19)29-25(33)20-11-14-23-24(17-20)30-27(31-15-5-6-16-31)32(26(23)34)22-7-3-2-4-8-22/h2-4,7-14,17-18H,5-6,15-16H2,1H3,(H,29,33)/t18-/m1/s1. The second-order valence-corrected chi connectivity index (χ2v) is 8.56. The molecule has 34 heavy (non-hydrogen) atoms. The molecule has 1 aromatic heterocycles. The van der Waals surface area contributed by atoms with Gasteiger partial charge in [0.1, 0.15) is 5.82 Å². The van der Waals surface area contributed by atoms with Crippen molar-refractivity contribution in [2.75, 3.05) is 18.0 Å². The van der Waals surface area contributed by atoms with Gasteiger partial charge in [-0.05, 0) is 67.8 Å². The molecule has 5 rings (SSSR count). The van der Waals surface area contributed by atoms with Crippen molar-refractivity contribution in [1.82, 2.24) is 14.9 Å². The van der Waals surface area contributed by atoms with Gasteiger partial charge >= 0.3 is 0 Å². The molecule has 0 aliphatic carbocycles. The van der Waals surface area contributed by atoms with E-state index in [1.54, 1.807) is 34.9 Å². The molecule has 1 N–H and O–H groups in total. The van der Waals surface area contributed by atoms with Crippen LogP contribution in [0.2, 0.25) is 0 Å². The Morgan fingerprint density at radius 1 is 1.00 bits per heavy atom. The molecule has 1 saturated heterocycles. The highest BCUT2D eigenvalue weighted by atomic mass is 19.1. The number of rotatable bonds is 5. The molecule has 3 aromatic carbocycles. The van der Waals surface area contributed by atoms with E-state index in [2.05, 4.69) is 10.2 Å². The molecule has 7 heteroatoms. The van der Waals surface area contributed by atoms with Crippen LogP contribution in [0.3, 0.4) is 0 Å². The van der Waals surface area contributed by atoms with E-state index >= 15 is 0 Å². The molecule has 0 unspecified atom stereocenters. The highest BCUT2D eigenvalue weighted by molar-refractivity contribution is 5.98. The number of anilines is 1. The van der Waals surface area contributed by atoms with Crippen LogP contribution in [-0.4, -0.2) is 28.5 Å². The highest BCUT2D eigenvalue weighted by Gasteiger charge is 2.22. The third-order valence-corrected chi connectivity index (χ3v) is 6.23. The quantitative estimate of drug-likeness (QED) is 0.476. The number of carbonyl (C=O) groups is 1. The van der Waals surface area contributed by atoms with Crippen molar-refractivity contribution in [2.24, 2.45) is 0 Å². The van der Waals surface area contributed by atoms with Gasteiger partial charge in [0.2, 0.25) is 5.95 Å². The van der Waals surface area contributed by atoms with E-state index in [9.17, 15) is 14.0 Å². The fraction of sp³-hybridized carbons (Fsp3) is 0.222. The first-order valence-electron chi connectivity index (χ1n) is 11.4. The molecular formula is C27H25FN4O2. The summed E-state index contributed by atoms with van der Waals surface area (Å²) >= 11 is 0. The number of amides is 1. The van der Waals surface area contributed by atoms with E-state index in [1.807, 2.05) is 37.3 Å². The summed E-state index contributed by atoms with van der Waals surface area (Å²) in [7, 11) is 0. The summed E-state index contributed by atoms with van der Waals surface area (Å²) in [4.78, 5) is 33.5. The average molecular weight is 457 g/mol. The van der Waals surface area contributed by atoms with Crippen molar-refractivity contribution < 1.29 is 9.18 Å². The third kappa shape index (κ3) is 4.17. The van der Waals surface area contributed by atoms with E-state index < -0.39 is 0 Å². The average Bonchev–Trinajstić information content (AvgIpc) is 3.39. The van der Waals surface area contributed by atoms with E-state index in [4.69, 9.17) is 4.98 Å². The fourth-order valence-corrected chi connectivity index (χ4v) is 4.37. The fourth-order valence-electron chi connectivity index (χ4n) is 4.37. The number of hydrogen-bond acceptors (Lipinski definition) is 4.